The summed E-state index contributed by atoms with van der Waals surface area (Å²) in [6.45, 7) is 1.08. The number of halogens is 1. The first-order valence-electron chi connectivity index (χ1n) is 5.47. The van der Waals surface area contributed by atoms with Crippen LogP contribution in [0.4, 0.5) is 0 Å². The smallest absolute Gasteiger partial charge is 0.251 e. The summed E-state index contributed by atoms with van der Waals surface area (Å²) in [6, 6.07) is 3.96. The number of benzene rings is 1. The standard InChI is InChI=1S/C12H16BrNO4/c1-18-7-9(13)4-5-14-12(17)8-2-3-10(15)11(16)6-8/h2-3,6,9,15-16H,4-5,7H2,1H3,(H,14,17). The molecular formula is C12H16BrNO4. The zero-order chi connectivity index (χ0) is 13.5. The molecule has 0 spiro atoms. The van der Waals surface area contributed by atoms with E-state index in [1.54, 1.807) is 7.11 Å². The summed E-state index contributed by atoms with van der Waals surface area (Å²) in [6.07, 6.45) is 0.740. The Balaban J connectivity index is 2.43. The van der Waals surface area contributed by atoms with E-state index in [1.807, 2.05) is 0 Å². The van der Waals surface area contributed by atoms with Crippen LogP contribution < -0.4 is 5.32 Å². The van der Waals surface area contributed by atoms with Crippen LogP contribution in [0.1, 0.15) is 16.8 Å². The van der Waals surface area contributed by atoms with Crippen LogP contribution in [0.25, 0.3) is 0 Å². The average Bonchev–Trinajstić information content (AvgIpc) is 2.33. The monoisotopic (exact) mass is 317 g/mol. The second-order valence-electron chi connectivity index (χ2n) is 3.80. The third kappa shape index (κ3) is 4.54. The molecule has 0 fully saturated rings. The van der Waals surface area contributed by atoms with Crippen LogP contribution in [0.2, 0.25) is 0 Å². The molecule has 0 aromatic heterocycles. The van der Waals surface area contributed by atoms with Crippen molar-refractivity contribution in [1.29, 1.82) is 0 Å². The van der Waals surface area contributed by atoms with Gasteiger partial charge in [-0.1, -0.05) is 15.9 Å². The van der Waals surface area contributed by atoms with Gasteiger partial charge in [0.15, 0.2) is 11.5 Å². The number of phenols is 2. The number of nitrogens with one attached hydrogen (secondary N) is 1. The molecule has 1 atom stereocenters. The van der Waals surface area contributed by atoms with Crippen molar-refractivity contribution in [1.82, 2.24) is 5.32 Å². The normalized spacial score (nSPS) is 12.1. The Kier molecular flexibility index (Phi) is 5.94. The molecule has 3 N–H and O–H groups in total. The number of methoxy groups -OCH3 is 1. The van der Waals surface area contributed by atoms with Gasteiger partial charge in [0.1, 0.15) is 0 Å². The lowest BCUT2D eigenvalue weighted by Gasteiger charge is -2.09. The van der Waals surface area contributed by atoms with Gasteiger partial charge < -0.3 is 20.3 Å². The molecule has 0 saturated heterocycles. The van der Waals surface area contributed by atoms with E-state index in [9.17, 15) is 9.90 Å². The highest BCUT2D eigenvalue weighted by atomic mass is 79.9. The van der Waals surface area contributed by atoms with E-state index in [-0.39, 0.29) is 22.2 Å². The Bertz CT molecular complexity index is 411. The summed E-state index contributed by atoms with van der Waals surface area (Å²) in [5.74, 6) is -0.838. The maximum Gasteiger partial charge on any atom is 0.251 e. The highest BCUT2D eigenvalue weighted by molar-refractivity contribution is 9.09. The van der Waals surface area contributed by atoms with Gasteiger partial charge in [0.2, 0.25) is 0 Å². The largest absolute Gasteiger partial charge is 0.504 e. The lowest BCUT2D eigenvalue weighted by atomic mass is 10.2. The molecule has 0 bridgehead atoms. The van der Waals surface area contributed by atoms with Gasteiger partial charge in [-0.3, -0.25) is 4.79 Å². The maximum absolute atomic E-state index is 11.7. The van der Waals surface area contributed by atoms with E-state index >= 15 is 0 Å². The summed E-state index contributed by atoms with van der Waals surface area (Å²) in [5.41, 5.74) is 0.308. The molecule has 0 aliphatic heterocycles. The van der Waals surface area contributed by atoms with Crippen LogP contribution in [0, 0.1) is 0 Å². The van der Waals surface area contributed by atoms with E-state index in [0.29, 0.717) is 18.7 Å². The van der Waals surface area contributed by atoms with E-state index < -0.39 is 0 Å². The number of alkyl halides is 1. The predicted octanol–water partition coefficient (Wildman–Crippen LogP) is 1.63. The van der Waals surface area contributed by atoms with Gasteiger partial charge in [0.25, 0.3) is 5.91 Å². The van der Waals surface area contributed by atoms with E-state index in [0.717, 1.165) is 6.42 Å². The Hall–Kier alpha value is -1.27. The predicted molar refractivity (Wildman–Crippen MR) is 71.3 cm³/mol. The van der Waals surface area contributed by atoms with Crippen molar-refractivity contribution in [3.63, 3.8) is 0 Å². The number of ether oxygens (including phenoxy) is 1. The third-order valence-corrected chi connectivity index (χ3v) is 3.05. The molecule has 0 heterocycles. The number of amides is 1. The number of carbonyl (C=O) groups excluding carboxylic acids is 1. The summed E-state index contributed by atoms with van der Waals surface area (Å²) in [5, 5.41) is 21.1. The zero-order valence-corrected chi connectivity index (χ0v) is 11.6. The van der Waals surface area contributed by atoms with Crippen LogP contribution in [0.5, 0.6) is 11.5 Å². The molecule has 1 aromatic carbocycles. The molecule has 1 amide bonds. The highest BCUT2D eigenvalue weighted by Gasteiger charge is 2.09. The number of phenolic OH excluding ortho intramolecular Hbond substituents is 2. The Morgan fingerprint density at radius 3 is 2.78 bits per heavy atom. The molecule has 5 nitrogen and oxygen atoms in total. The molecule has 18 heavy (non-hydrogen) atoms. The summed E-state index contributed by atoms with van der Waals surface area (Å²) in [4.78, 5) is 11.9. The van der Waals surface area contributed by atoms with Crippen LogP contribution in [0.3, 0.4) is 0 Å². The first-order valence-corrected chi connectivity index (χ1v) is 6.39. The van der Waals surface area contributed by atoms with Crippen LogP contribution in [-0.2, 0) is 4.74 Å². The van der Waals surface area contributed by atoms with E-state index in [1.165, 1.54) is 18.2 Å². The van der Waals surface area contributed by atoms with Gasteiger partial charge in [-0.15, -0.1) is 0 Å². The molecule has 1 aromatic rings. The molecule has 0 aliphatic carbocycles. The summed E-state index contributed by atoms with van der Waals surface area (Å²) < 4.78 is 4.95. The third-order valence-electron chi connectivity index (χ3n) is 2.33. The summed E-state index contributed by atoms with van der Waals surface area (Å²) in [7, 11) is 1.62. The minimum atomic E-state index is -0.305. The number of aromatic hydroxyl groups is 2. The van der Waals surface area contributed by atoms with E-state index in [2.05, 4.69) is 21.2 Å². The van der Waals surface area contributed by atoms with Gasteiger partial charge >= 0.3 is 0 Å². The van der Waals surface area contributed by atoms with Gasteiger partial charge in [-0.05, 0) is 24.6 Å². The van der Waals surface area contributed by atoms with Crippen molar-refractivity contribution in [3.8, 4) is 11.5 Å². The molecule has 0 radical (unpaired) electrons. The minimum Gasteiger partial charge on any atom is -0.504 e. The summed E-state index contributed by atoms with van der Waals surface area (Å²) >= 11 is 3.42. The Labute approximate surface area is 114 Å². The number of rotatable bonds is 6. The first kappa shape index (κ1) is 14.8. The average molecular weight is 318 g/mol. The van der Waals surface area contributed by atoms with Crippen molar-refractivity contribution in [3.05, 3.63) is 23.8 Å². The molecular weight excluding hydrogens is 302 g/mol. The second kappa shape index (κ2) is 7.23. The van der Waals surface area contributed by atoms with Crippen LogP contribution >= 0.6 is 15.9 Å². The second-order valence-corrected chi connectivity index (χ2v) is 5.10. The highest BCUT2D eigenvalue weighted by Crippen LogP contribution is 2.24. The van der Waals surface area contributed by atoms with Gasteiger partial charge in [0, 0.05) is 24.0 Å². The lowest BCUT2D eigenvalue weighted by Crippen LogP contribution is -2.26. The van der Waals surface area contributed by atoms with Gasteiger partial charge in [0.05, 0.1) is 6.61 Å². The van der Waals surface area contributed by atoms with Crippen molar-refractivity contribution >= 4 is 21.8 Å². The quantitative estimate of drug-likeness (QED) is 0.550. The van der Waals surface area contributed by atoms with Gasteiger partial charge in [-0.25, -0.2) is 0 Å². The van der Waals surface area contributed by atoms with Crippen LogP contribution in [-0.4, -0.2) is 41.2 Å². The fourth-order valence-electron chi connectivity index (χ4n) is 1.37. The number of carbonyl (C=O) groups is 1. The molecule has 0 aliphatic rings. The lowest BCUT2D eigenvalue weighted by molar-refractivity contribution is 0.0951. The first-order chi connectivity index (χ1) is 8.54. The molecule has 100 valence electrons. The topological polar surface area (TPSA) is 78.8 Å². The zero-order valence-electron chi connectivity index (χ0n) is 10.0. The number of hydrogen-bond acceptors (Lipinski definition) is 4. The number of hydrogen-bond donors (Lipinski definition) is 3. The maximum atomic E-state index is 11.7. The minimum absolute atomic E-state index is 0.191. The van der Waals surface area contributed by atoms with Crippen molar-refractivity contribution in [2.75, 3.05) is 20.3 Å². The van der Waals surface area contributed by atoms with Crippen molar-refractivity contribution in [2.24, 2.45) is 0 Å². The molecule has 0 saturated carbocycles. The van der Waals surface area contributed by atoms with Gasteiger partial charge in [-0.2, -0.15) is 0 Å². The Morgan fingerprint density at radius 1 is 1.44 bits per heavy atom. The Morgan fingerprint density at radius 2 is 2.17 bits per heavy atom. The molecule has 1 unspecified atom stereocenters. The SMILES string of the molecule is COCC(Br)CCNC(=O)c1ccc(O)c(O)c1. The van der Waals surface area contributed by atoms with Crippen molar-refractivity contribution in [2.45, 2.75) is 11.2 Å². The van der Waals surface area contributed by atoms with E-state index in [4.69, 9.17) is 9.84 Å². The fraction of sp³-hybridized carbons (Fsp3) is 0.417. The van der Waals surface area contributed by atoms with Crippen LogP contribution in [0.15, 0.2) is 18.2 Å². The molecule has 1 rings (SSSR count). The molecule has 6 heteroatoms. The van der Waals surface area contributed by atoms with Crippen molar-refractivity contribution < 1.29 is 19.7 Å². The fourth-order valence-corrected chi connectivity index (χ4v) is 1.87.